The Kier molecular flexibility index (Phi) is 4.88. The number of nitrogens with one attached hydrogen (secondary N) is 1. The number of imidazole rings is 1. The minimum Gasteiger partial charge on any atom is -0.487 e. The van der Waals surface area contributed by atoms with Gasteiger partial charge in [-0.3, -0.25) is 4.79 Å². The van der Waals surface area contributed by atoms with Gasteiger partial charge in [0.2, 0.25) is 0 Å². The quantitative estimate of drug-likeness (QED) is 0.540. The Balaban J connectivity index is 1.69. The van der Waals surface area contributed by atoms with Crippen molar-refractivity contribution in [2.24, 2.45) is 0 Å². The summed E-state index contributed by atoms with van der Waals surface area (Å²) in [7, 11) is 1.60. The molecule has 1 N–H and O–H groups in total. The molecule has 142 valence electrons. The van der Waals surface area contributed by atoms with Crippen molar-refractivity contribution in [3.05, 3.63) is 76.4 Å². The van der Waals surface area contributed by atoms with Gasteiger partial charge in [-0.15, -0.1) is 0 Å². The summed E-state index contributed by atoms with van der Waals surface area (Å²) in [5.74, 6) is -0.120. The Morgan fingerprint density at radius 1 is 1.07 bits per heavy atom. The van der Waals surface area contributed by atoms with E-state index in [4.69, 9.17) is 9.72 Å². The van der Waals surface area contributed by atoms with Gasteiger partial charge in [-0.2, -0.15) is 0 Å². The highest BCUT2D eigenvalue weighted by Crippen LogP contribution is 2.26. The molecule has 1 amide bonds. The largest absolute Gasteiger partial charge is 0.487 e. The van der Waals surface area contributed by atoms with Gasteiger partial charge in [-0.25, -0.2) is 4.98 Å². The average molecular weight is 391 g/mol. The molecule has 6 heteroatoms. The first kappa shape index (κ1) is 18.3. The van der Waals surface area contributed by atoms with Crippen molar-refractivity contribution in [3.8, 4) is 16.3 Å². The molecule has 0 aliphatic carbocycles. The zero-order chi connectivity index (χ0) is 19.7. The van der Waals surface area contributed by atoms with Crippen LogP contribution in [-0.4, -0.2) is 22.4 Å². The third-order valence-corrected chi connectivity index (χ3v) is 5.66. The lowest BCUT2D eigenvalue weighted by Crippen LogP contribution is -2.23. The molecule has 4 aromatic rings. The van der Waals surface area contributed by atoms with E-state index in [0.29, 0.717) is 11.4 Å². The zero-order valence-electron chi connectivity index (χ0n) is 16.0. The van der Waals surface area contributed by atoms with Crippen LogP contribution in [0.2, 0.25) is 0 Å². The summed E-state index contributed by atoms with van der Waals surface area (Å²) in [4.78, 5) is 18.0. The summed E-state index contributed by atoms with van der Waals surface area (Å²) in [6.45, 7) is 4.49. The van der Waals surface area contributed by atoms with E-state index in [1.807, 2.05) is 19.1 Å². The van der Waals surface area contributed by atoms with Crippen LogP contribution in [0.15, 0.2) is 54.7 Å². The number of carbonyl (C=O) groups excluding carboxylic acids is 1. The van der Waals surface area contributed by atoms with Gasteiger partial charge in [-0.1, -0.05) is 47.2 Å². The second kappa shape index (κ2) is 7.48. The van der Waals surface area contributed by atoms with Crippen LogP contribution < -0.4 is 10.1 Å². The van der Waals surface area contributed by atoms with Crippen molar-refractivity contribution in [1.82, 2.24) is 14.7 Å². The summed E-state index contributed by atoms with van der Waals surface area (Å²) < 4.78 is 7.23. The monoisotopic (exact) mass is 391 g/mol. The van der Waals surface area contributed by atoms with E-state index in [1.54, 1.807) is 19.2 Å². The van der Waals surface area contributed by atoms with E-state index in [2.05, 4.69) is 47.1 Å². The molecular weight excluding hydrogens is 370 g/mol. The Hall–Kier alpha value is -3.12. The smallest absolute Gasteiger partial charge is 0.261 e. The van der Waals surface area contributed by atoms with Gasteiger partial charge in [0.1, 0.15) is 5.65 Å². The molecular formula is C22H21N3O2S. The number of aromatic nitrogens is 2. The minimum absolute atomic E-state index is 0.120. The molecule has 1 aromatic carbocycles. The van der Waals surface area contributed by atoms with Gasteiger partial charge in [0, 0.05) is 11.8 Å². The molecule has 28 heavy (non-hydrogen) atoms. The average Bonchev–Trinajstić information content (AvgIpc) is 3.31. The van der Waals surface area contributed by atoms with Crippen molar-refractivity contribution >= 4 is 22.9 Å². The number of pyridine rings is 1. The van der Waals surface area contributed by atoms with Gasteiger partial charge >= 0.3 is 0 Å². The van der Waals surface area contributed by atoms with Gasteiger partial charge in [0.25, 0.3) is 5.91 Å². The molecule has 0 spiro atoms. The van der Waals surface area contributed by atoms with Crippen LogP contribution in [0.3, 0.4) is 0 Å². The first-order chi connectivity index (χ1) is 13.5. The number of rotatable bonds is 5. The topological polar surface area (TPSA) is 55.6 Å². The maximum atomic E-state index is 12.6. The van der Waals surface area contributed by atoms with Crippen LogP contribution in [0, 0.1) is 13.8 Å². The molecule has 0 atom stereocenters. The number of benzene rings is 1. The van der Waals surface area contributed by atoms with Crippen LogP contribution in [0.1, 0.15) is 26.5 Å². The van der Waals surface area contributed by atoms with E-state index in [-0.39, 0.29) is 5.91 Å². The fourth-order valence-corrected chi connectivity index (χ4v) is 3.85. The van der Waals surface area contributed by atoms with Crippen molar-refractivity contribution in [2.75, 3.05) is 7.11 Å². The number of carbonyl (C=O) groups is 1. The predicted molar refractivity (Wildman–Crippen MR) is 112 cm³/mol. The number of methoxy groups -OCH3 is 1. The third kappa shape index (κ3) is 3.51. The summed E-state index contributed by atoms with van der Waals surface area (Å²) in [6, 6.07) is 15.9. The fourth-order valence-electron chi connectivity index (χ4n) is 3.11. The van der Waals surface area contributed by atoms with E-state index in [1.165, 1.54) is 16.9 Å². The molecule has 3 aromatic heterocycles. The number of hydrogen-bond donors (Lipinski definition) is 1. The number of nitrogens with zero attached hydrogens (tertiary/aromatic N) is 2. The second-order valence-corrected chi connectivity index (χ2v) is 7.76. The van der Waals surface area contributed by atoms with Gasteiger partial charge < -0.3 is 14.5 Å². The standard InChI is InChI=1S/C22H21N3O2S/c1-14-4-7-16(8-5-14)21-17(25-13-15(2)6-10-19(25)24-21)12-23-22(26)18-9-11-20(27-3)28-18/h4-11,13H,12H2,1-3H3,(H,23,26). The molecule has 0 unspecified atom stereocenters. The van der Waals surface area contributed by atoms with Crippen molar-refractivity contribution < 1.29 is 9.53 Å². The summed E-state index contributed by atoms with van der Waals surface area (Å²) in [5.41, 5.74) is 6.08. The Labute approximate surface area is 167 Å². The van der Waals surface area contributed by atoms with E-state index >= 15 is 0 Å². The van der Waals surface area contributed by atoms with Crippen molar-refractivity contribution in [3.63, 3.8) is 0 Å². The lowest BCUT2D eigenvalue weighted by Gasteiger charge is -2.08. The Morgan fingerprint density at radius 2 is 1.82 bits per heavy atom. The molecule has 5 nitrogen and oxygen atoms in total. The number of fused-ring (bicyclic) bond motifs is 1. The molecule has 0 saturated heterocycles. The fraction of sp³-hybridized carbons (Fsp3) is 0.182. The molecule has 4 rings (SSSR count). The van der Waals surface area contributed by atoms with E-state index in [0.717, 1.165) is 33.2 Å². The molecule has 0 bridgehead atoms. The summed E-state index contributed by atoms with van der Waals surface area (Å²) >= 11 is 1.33. The van der Waals surface area contributed by atoms with Crippen LogP contribution in [0.25, 0.3) is 16.9 Å². The van der Waals surface area contributed by atoms with Crippen LogP contribution in [-0.2, 0) is 6.54 Å². The zero-order valence-corrected chi connectivity index (χ0v) is 16.8. The lowest BCUT2D eigenvalue weighted by atomic mass is 10.1. The maximum absolute atomic E-state index is 12.6. The first-order valence-corrected chi connectivity index (χ1v) is 9.83. The SMILES string of the molecule is COc1ccc(C(=O)NCc2c(-c3ccc(C)cc3)nc3ccc(C)cn23)s1. The third-order valence-electron chi connectivity index (χ3n) is 4.61. The van der Waals surface area contributed by atoms with Crippen molar-refractivity contribution in [2.45, 2.75) is 20.4 Å². The predicted octanol–water partition coefficient (Wildman–Crippen LogP) is 4.62. The normalized spacial score (nSPS) is 11.0. The minimum atomic E-state index is -0.120. The number of amides is 1. The summed E-state index contributed by atoms with van der Waals surface area (Å²) in [6.07, 6.45) is 2.05. The van der Waals surface area contributed by atoms with Crippen LogP contribution >= 0.6 is 11.3 Å². The van der Waals surface area contributed by atoms with Gasteiger partial charge in [0.05, 0.1) is 29.9 Å². The number of aryl methyl sites for hydroxylation is 2. The van der Waals surface area contributed by atoms with Crippen LogP contribution in [0.4, 0.5) is 0 Å². The molecule has 0 fully saturated rings. The number of ether oxygens (including phenoxy) is 1. The number of thiophene rings is 1. The highest BCUT2D eigenvalue weighted by atomic mass is 32.1. The molecule has 3 heterocycles. The molecule has 0 radical (unpaired) electrons. The lowest BCUT2D eigenvalue weighted by molar-refractivity contribution is 0.0954. The van der Waals surface area contributed by atoms with E-state index < -0.39 is 0 Å². The highest BCUT2D eigenvalue weighted by Gasteiger charge is 2.16. The van der Waals surface area contributed by atoms with E-state index in [9.17, 15) is 4.79 Å². The highest BCUT2D eigenvalue weighted by molar-refractivity contribution is 7.15. The van der Waals surface area contributed by atoms with Gasteiger partial charge in [0.15, 0.2) is 5.06 Å². The van der Waals surface area contributed by atoms with Crippen molar-refractivity contribution in [1.29, 1.82) is 0 Å². The molecule has 0 saturated carbocycles. The first-order valence-electron chi connectivity index (χ1n) is 9.02. The maximum Gasteiger partial charge on any atom is 0.261 e. The number of hydrogen-bond acceptors (Lipinski definition) is 4. The molecule has 0 aliphatic heterocycles. The Morgan fingerprint density at radius 3 is 2.54 bits per heavy atom. The van der Waals surface area contributed by atoms with Crippen LogP contribution in [0.5, 0.6) is 5.06 Å². The Bertz CT molecular complexity index is 1140. The second-order valence-electron chi connectivity index (χ2n) is 6.71. The van der Waals surface area contributed by atoms with Gasteiger partial charge in [-0.05, 0) is 37.6 Å². The summed E-state index contributed by atoms with van der Waals surface area (Å²) in [5, 5.41) is 3.75. The molecule has 0 aliphatic rings.